The zero-order chi connectivity index (χ0) is 19.4. The van der Waals surface area contributed by atoms with Crippen LogP contribution in [0.25, 0.3) is 11.5 Å². The number of benzene rings is 2. The Kier molecular flexibility index (Phi) is 5.57. The van der Waals surface area contributed by atoms with E-state index in [1.807, 2.05) is 44.2 Å². The third kappa shape index (κ3) is 4.35. The Morgan fingerprint density at radius 1 is 1.07 bits per heavy atom. The molecule has 0 radical (unpaired) electrons. The van der Waals surface area contributed by atoms with Crippen molar-refractivity contribution in [2.24, 2.45) is 0 Å². The summed E-state index contributed by atoms with van der Waals surface area (Å²) in [6.45, 7) is 4.13. The SMILES string of the molecule is CC(C)N(C)S(=O)(=O)c1ccc(CNc2noc(-c3ccccc3)n2)cc1. The predicted molar refractivity (Wildman–Crippen MR) is 104 cm³/mol. The fourth-order valence-electron chi connectivity index (χ4n) is 2.40. The molecule has 1 N–H and O–H groups in total. The van der Waals surface area contributed by atoms with E-state index in [1.54, 1.807) is 31.3 Å². The molecule has 8 heteroatoms. The third-order valence-corrected chi connectivity index (χ3v) is 6.27. The molecular formula is C19H22N4O3S. The van der Waals surface area contributed by atoms with Gasteiger partial charge in [-0.25, -0.2) is 8.42 Å². The summed E-state index contributed by atoms with van der Waals surface area (Å²) in [6.07, 6.45) is 0. The largest absolute Gasteiger partial charge is 0.347 e. The highest BCUT2D eigenvalue weighted by molar-refractivity contribution is 7.89. The van der Waals surface area contributed by atoms with E-state index in [-0.39, 0.29) is 10.9 Å². The molecule has 0 aliphatic rings. The number of hydrogen-bond acceptors (Lipinski definition) is 6. The van der Waals surface area contributed by atoms with E-state index in [1.165, 1.54) is 4.31 Å². The minimum atomic E-state index is -3.48. The second kappa shape index (κ2) is 7.89. The molecular weight excluding hydrogens is 364 g/mol. The van der Waals surface area contributed by atoms with Crippen LogP contribution in [0.4, 0.5) is 5.95 Å². The van der Waals surface area contributed by atoms with Crippen molar-refractivity contribution in [3.05, 3.63) is 60.2 Å². The van der Waals surface area contributed by atoms with Crippen LogP contribution in [0.5, 0.6) is 0 Å². The smallest absolute Gasteiger partial charge is 0.264 e. The molecule has 2 aromatic carbocycles. The first-order valence-corrected chi connectivity index (χ1v) is 10.0. The molecule has 0 spiro atoms. The second-order valence-electron chi connectivity index (χ2n) is 6.40. The van der Waals surface area contributed by atoms with Crippen LogP contribution in [0.2, 0.25) is 0 Å². The Bertz CT molecular complexity index is 983. The highest BCUT2D eigenvalue weighted by Gasteiger charge is 2.22. The van der Waals surface area contributed by atoms with Gasteiger partial charge in [0.05, 0.1) is 4.90 Å². The van der Waals surface area contributed by atoms with Gasteiger partial charge in [-0.1, -0.05) is 30.3 Å². The van der Waals surface area contributed by atoms with Crippen LogP contribution >= 0.6 is 0 Å². The number of sulfonamides is 1. The van der Waals surface area contributed by atoms with Gasteiger partial charge in [0.15, 0.2) is 0 Å². The lowest BCUT2D eigenvalue weighted by molar-refractivity contribution is 0.410. The fraction of sp³-hybridized carbons (Fsp3) is 0.263. The van der Waals surface area contributed by atoms with Crippen LogP contribution in [0, 0.1) is 0 Å². The molecule has 3 rings (SSSR count). The van der Waals surface area contributed by atoms with Crippen molar-refractivity contribution in [3.8, 4) is 11.5 Å². The van der Waals surface area contributed by atoms with Crippen molar-refractivity contribution in [1.82, 2.24) is 14.4 Å². The van der Waals surface area contributed by atoms with E-state index >= 15 is 0 Å². The molecule has 1 heterocycles. The molecule has 0 aliphatic heterocycles. The molecule has 0 unspecified atom stereocenters. The molecule has 0 saturated heterocycles. The van der Waals surface area contributed by atoms with Crippen LogP contribution < -0.4 is 5.32 Å². The first kappa shape index (κ1) is 19.1. The van der Waals surface area contributed by atoms with Crippen molar-refractivity contribution in [2.75, 3.05) is 12.4 Å². The number of aromatic nitrogens is 2. The van der Waals surface area contributed by atoms with Gasteiger partial charge in [-0.3, -0.25) is 0 Å². The fourth-order valence-corrected chi connectivity index (χ4v) is 3.77. The molecule has 0 fully saturated rings. The summed E-state index contributed by atoms with van der Waals surface area (Å²) < 4.78 is 31.6. The van der Waals surface area contributed by atoms with E-state index in [9.17, 15) is 8.42 Å². The summed E-state index contributed by atoms with van der Waals surface area (Å²) in [5, 5.41) is 6.98. The summed E-state index contributed by atoms with van der Waals surface area (Å²) in [4.78, 5) is 4.58. The van der Waals surface area contributed by atoms with Crippen LogP contribution in [0.1, 0.15) is 19.4 Å². The molecule has 0 aliphatic carbocycles. The number of nitrogens with zero attached hydrogens (tertiary/aromatic N) is 3. The Morgan fingerprint density at radius 3 is 2.37 bits per heavy atom. The molecule has 0 atom stereocenters. The Labute approximate surface area is 159 Å². The van der Waals surface area contributed by atoms with Crippen molar-refractivity contribution >= 4 is 16.0 Å². The van der Waals surface area contributed by atoms with E-state index in [0.717, 1.165) is 11.1 Å². The number of nitrogens with one attached hydrogen (secondary N) is 1. The lowest BCUT2D eigenvalue weighted by Crippen LogP contribution is -2.33. The second-order valence-corrected chi connectivity index (χ2v) is 8.40. The monoisotopic (exact) mass is 386 g/mol. The quantitative estimate of drug-likeness (QED) is 0.670. The molecule has 27 heavy (non-hydrogen) atoms. The first-order chi connectivity index (χ1) is 12.9. The maximum atomic E-state index is 12.5. The maximum absolute atomic E-state index is 12.5. The molecule has 0 amide bonds. The molecule has 7 nitrogen and oxygen atoms in total. The van der Waals surface area contributed by atoms with Crippen molar-refractivity contribution in [1.29, 1.82) is 0 Å². The molecule has 1 aromatic heterocycles. The minimum Gasteiger partial charge on any atom is -0.347 e. The first-order valence-electron chi connectivity index (χ1n) is 8.58. The Hall–Kier alpha value is -2.71. The van der Waals surface area contributed by atoms with E-state index in [2.05, 4.69) is 15.5 Å². The van der Waals surface area contributed by atoms with E-state index in [4.69, 9.17) is 4.52 Å². The standard InChI is InChI=1S/C19H22N4O3S/c1-14(2)23(3)27(24,25)17-11-9-15(10-12-17)13-20-19-21-18(26-22-19)16-7-5-4-6-8-16/h4-12,14H,13H2,1-3H3,(H,20,22). The lowest BCUT2D eigenvalue weighted by atomic mass is 10.2. The molecule has 0 bridgehead atoms. The van der Waals surface area contributed by atoms with Gasteiger partial charge >= 0.3 is 0 Å². The van der Waals surface area contributed by atoms with Gasteiger partial charge in [0.1, 0.15) is 0 Å². The van der Waals surface area contributed by atoms with E-state index < -0.39 is 10.0 Å². The number of rotatable bonds is 7. The Balaban J connectivity index is 1.65. The van der Waals surface area contributed by atoms with Crippen LogP contribution in [-0.4, -0.2) is 36.0 Å². The number of anilines is 1. The van der Waals surface area contributed by atoms with Gasteiger partial charge < -0.3 is 9.84 Å². The summed E-state index contributed by atoms with van der Waals surface area (Å²) in [7, 11) is -1.90. The zero-order valence-corrected chi connectivity index (χ0v) is 16.3. The van der Waals surface area contributed by atoms with Crippen molar-refractivity contribution in [3.63, 3.8) is 0 Å². The third-order valence-electron chi connectivity index (χ3n) is 4.22. The normalized spacial score (nSPS) is 11.9. The summed E-state index contributed by atoms with van der Waals surface area (Å²) >= 11 is 0. The average molecular weight is 386 g/mol. The van der Waals surface area contributed by atoms with Gasteiger partial charge in [-0.2, -0.15) is 9.29 Å². The summed E-state index contributed by atoms with van der Waals surface area (Å²) in [5.41, 5.74) is 1.76. The van der Waals surface area contributed by atoms with Gasteiger partial charge in [0.2, 0.25) is 10.0 Å². The van der Waals surface area contributed by atoms with Crippen LogP contribution in [0.15, 0.2) is 64.0 Å². The predicted octanol–water partition coefficient (Wildman–Crippen LogP) is 3.38. The van der Waals surface area contributed by atoms with Gasteiger partial charge in [-0.15, -0.1) is 0 Å². The maximum Gasteiger partial charge on any atom is 0.264 e. The van der Waals surface area contributed by atoms with E-state index in [0.29, 0.717) is 18.4 Å². The average Bonchev–Trinajstić information content (AvgIpc) is 3.16. The van der Waals surface area contributed by atoms with Gasteiger partial charge in [-0.05, 0) is 48.8 Å². The molecule has 3 aromatic rings. The lowest BCUT2D eigenvalue weighted by Gasteiger charge is -2.21. The van der Waals surface area contributed by atoms with Crippen molar-refractivity contribution < 1.29 is 12.9 Å². The zero-order valence-electron chi connectivity index (χ0n) is 15.5. The summed E-state index contributed by atoms with van der Waals surface area (Å²) in [6, 6.07) is 16.2. The highest BCUT2D eigenvalue weighted by atomic mass is 32.2. The highest BCUT2D eigenvalue weighted by Crippen LogP contribution is 2.19. The number of hydrogen-bond donors (Lipinski definition) is 1. The van der Waals surface area contributed by atoms with Crippen LogP contribution in [-0.2, 0) is 16.6 Å². The molecule has 0 saturated carbocycles. The molecule has 142 valence electrons. The summed E-state index contributed by atoms with van der Waals surface area (Å²) in [5.74, 6) is 0.821. The Morgan fingerprint density at radius 2 is 1.74 bits per heavy atom. The van der Waals surface area contributed by atoms with Gasteiger partial charge in [0.25, 0.3) is 11.8 Å². The van der Waals surface area contributed by atoms with Crippen LogP contribution in [0.3, 0.4) is 0 Å². The minimum absolute atomic E-state index is 0.103. The van der Waals surface area contributed by atoms with Gasteiger partial charge in [0, 0.05) is 25.2 Å². The topological polar surface area (TPSA) is 88.3 Å². The van der Waals surface area contributed by atoms with Crippen molar-refractivity contribution in [2.45, 2.75) is 31.3 Å².